The molecule has 1 heterocycles. The van der Waals surface area contributed by atoms with E-state index in [1.165, 1.54) is 0 Å². The van der Waals surface area contributed by atoms with Crippen LogP contribution in [0.1, 0.15) is 24.5 Å². The lowest BCUT2D eigenvalue weighted by molar-refractivity contribution is -0.137. The van der Waals surface area contributed by atoms with Gasteiger partial charge in [0.2, 0.25) is 0 Å². The third-order valence-corrected chi connectivity index (χ3v) is 3.79. The monoisotopic (exact) mass is 290 g/mol. The fourth-order valence-electron chi connectivity index (χ4n) is 2.75. The second kappa shape index (κ2) is 5.69. The van der Waals surface area contributed by atoms with E-state index in [9.17, 15) is 17.6 Å². The van der Waals surface area contributed by atoms with E-state index in [1.807, 2.05) is 11.8 Å². The summed E-state index contributed by atoms with van der Waals surface area (Å²) in [6, 6.07) is 2.96. The molecule has 0 aliphatic carbocycles. The molecule has 1 aliphatic heterocycles. The van der Waals surface area contributed by atoms with E-state index in [0.29, 0.717) is 30.6 Å². The van der Waals surface area contributed by atoms with Gasteiger partial charge >= 0.3 is 6.18 Å². The van der Waals surface area contributed by atoms with E-state index in [-0.39, 0.29) is 6.04 Å². The SMILES string of the molecule is CC1CC(CN)CN1Cc1cc(F)cc(C(F)(F)F)c1. The fourth-order valence-corrected chi connectivity index (χ4v) is 2.75. The third kappa shape index (κ3) is 3.49. The first-order valence-corrected chi connectivity index (χ1v) is 6.60. The maximum atomic E-state index is 13.3. The summed E-state index contributed by atoms with van der Waals surface area (Å²) in [5.74, 6) is -0.488. The molecule has 0 radical (unpaired) electrons. The standard InChI is InChI=1S/C14H18F4N2/c1-9-2-11(6-19)8-20(9)7-10-3-12(14(16,17)18)5-13(15)4-10/h3-5,9,11H,2,6-8,19H2,1H3. The lowest BCUT2D eigenvalue weighted by Gasteiger charge is -2.21. The Labute approximate surface area is 115 Å². The summed E-state index contributed by atoms with van der Waals surface area (Å²) in [5, 5.41) is 0. The minimum atomic E-state index is -4.52. The van der Waals surface area contributed by atoms with Crippen molar-refractivity contribution in [2.24, 2.45) is 11.7 Å². The normalized spacial score (nSPS) is 24.3. The number of hydrogen-bond acceptors (Lipinski definition) is 2. The molecule has 1 aromatic rings. The zero-order valence-electron chi connectivity index (χ0n) is 11.3. The van der Waals surface area contributed by atoms with Gasteiger partial charge in [-0.3, -0.25) is 4.90 Å². The summed E-state index contributed by atoms with van der Waals surface area (Å²) in [4.78, 5) is 2.05. The smallest absolute Gasteiger partial charge is 0.330 e. The van der Waals surface area contributed by atoms with Crippen molar-refractivity contribution in [3.8, 4) is 0 Å². The molecule has 2 atom stereocenters. The van der Waals surface area contributed by atoms with Gasteiger partial charge in [-0.15, -0.1) is 0 Å². The van der Waals surface area contributed by atoms with Crippen LogP contribution in [0.5, 0.6) is 0 Å². The molecular weight excluding hydrogens is 272 g/mol. The molecule has 112 valence electrons. The molecule has 1 aliphatic rings. The highest BCUT2D eigenvalue weighted by atomic mass is 19.4. The van der Waals surface area contributed by atoms with Crippen molar-refractivity contribution in [2.45, 2.75) is 32.1 Å². The average Bonchev–Trinajstić information content (AvgIpc) is 2.68. The van der Waals surface area contributed by atoms with Crippen LogP contribution < -0.4 is 5.73 Å². The van der Waals surface area contributed by atoms with Crippen LogP contribution in [0, 0.1) is 11.7 Å². The maximum Gasteiger partial charge on any atom is 0.416 e. The Morgan fingerprint density at radius 3 is 2.55 bits per heavy atom. The Balaban J connectivity index is 2.16. The van der Waals surface area contributed by atoms with Gasteiger partial charge in [-0.2, -0.15) is 13.2 Å². The highest BCUT2D eigenvalue weighted by Crippen LogP contribution is 2.31. The molecule has 20 heavy (non-hydrogen) atoms. The number of benzene rings is 1. The van der Waals surface area contributed by atoms with Crippen LogP contribution >= 0.6 is 0 Å². The molecule has 1 aromatic carbocycles. The Hall–Kier alpha value is -1.14. The van der Waals surface area contributed by atoms with E-state index in [0.717, 1.165) is 25.1 Å². The molecule has 2 unspecified atom stereocenters. The molecule has 6 heteroatoms. The van der Waals surface area contributed by atoms with Crippen LogP contribution in [-0.4, -0.2) is 24.0 Å². The van der Waals surface area contributed by atoms with Crippen LogP contribution in [0.2, 0.25) is 0 Å². The lowest BCUT2D eigenvalue weighted by Crippen LogP contribution is -2.27. The predicted molar refractivity (Wildman–Crippen MR) is 68.4 cm³/mol. The van der Waals surface area contributed by atoms with Crippen molar-refractivity contribution >= 4 is 0 Å². The molecule has 0 spiro atoms. The van der Waals surface area contributed by atoms with Crippen LogP contribution in [0.15, 0.2) is 18.2 Å². The van der Waals surface area contributed by atoms with E-state index >= 15 is 0 Å². The highest BCUT2D eigenvalue weighted by Gasteiger charge is 2.32. The minimum absolute atomic E-state index is 0.251. The molecule has 2 nitrogen and oxygen atoms in total. The summed E-state index contributed by atoms with van der Waals surface area (Å²) >= 11 is 0. The average molecular weight is 290 g/mol. The van der Waals surface area contributed by atoms with Crippen molar-refractivity contribution < 1.29 is 17.6 Å². The number of nitrogens with two attached hydrogens (primary N) is 1. The minimum Gasteiger partial charge on any atom is -0.330 e. The molecule has 0 aromatic heterocycles. The quantitative estimate of drug-likeness (QED) is 0.867. The van der Waals surface area contributed by atoms with E-state index in [1.54, 1.807) is 0 Å². The number of rotatable bonds is 3. The number of alkyl halides is 3. The first-order valence-electron chi connectivity index (χ1n) is 6.60. The van der Waals surface area contributed by atoms with Crippen molar-refractivity contribution in [3.05, 3.63) is 35.1 Å². The zero-order valence-corrected chi connectivity index (χ0v) is 11.3. The Bertz CT molecular complexity index is 473. The maximum absolute atomic E-state index is 13.3. The van der Waals surface area contributed by atoms with E-state index < -0.39 is 17.6 Å². The number of hydrogen-bond donors (Lipinski definition) is 1. The summed E-state index contributed by atoms with van der Waals surface area (Å²) in [5.41, 5.74) is 5.04. The van der Waals surface area contributed by atoms with Crippen molar-refractivity contribution in [3.63, 3.8) is 0 Å². The second-order valence-electron chi connectivity index (χ2n) is 5.46. The van der Waals surface area contributed by atoms with Gasteiger partial charge in [0.05, 0.1) is 5.56 Å². The van der Waals surface area contributed by atoms with Gasteiger partial charge in [0, 0.05) is 19.1 Å². The summed E-state index contributed by atoms with van der Waals surface area (Å²) in [7, 11) is 0. The Morgan fingerprint density at radius 2 is 2.00 bits per heavy atom. The molecule has 2 rings (SSSR count). The Morgan fingerprint density at radius 1 is 1.30 bits per heavy atom. The molecule has 0 saturated carbocycles. The topological polar surface area (TPSA) is 29.3 Å². The van der Waals surface area contributed by atoms with Crippen molar-refractivity contribution in [1.29, 1.82) is 0 Å². The van der Waals surface area contributed by atoms with Crippen LogP contribution in [-0.2, 0) is 12.7 Å². The fraction of sp³-hybridized carbons (Fsp3) is 0.571. The highest BCUT2D eigenvalue weighted by molar-refractivity contribution is 5.27. The first-order chi connectivity index (χ1) is 9.29. The molecular formula is C14H18F4N2. The first kappa shape index (κ1) is 15.3. The Kier molecular flexibility index (Phi) is 4.34. The van der Waals surface area contributed by atoms with Crippen LogP contribution in [0.25, 0.3) is 0 Å². The molecule has 1 saturated heterocycles. The van der Waals surface area contributed by atoms with Crippen molar-refractivity contribution in [2.75, 3.05) is 13.1 Å². The summed E-state index contributed by atoms with van der Waals surface area (Å²) in [6.45, 7) is 3.64. The molecule has 0 bridgehead atoms. The number of halogens is 4. The van der Waals surface area contributed by atoms with Gasteiger partial charge in [0.25, 0.3) is 0 Å². The van der Waals surface area contributed by atoms with Gasteiger partial charge < -0.3 is 5.73 Å². The van der Waals surface area contributed by atoms with Gasteiger partial charge in [0.15, 0.2) is 0 Å². The van der Waals surface area contributed by atoms with Crippen LogP contribution in [0.3, 0.4) is 0 Å². The number of nitrogens with zero attached hydrogens (tertiary/aromatic N) is 1. The van der Waals surface area contributed by atoms with Gasteiger partial charge in [-0.1, -0.05) is 0 Å². The summed E-state index contributed by atoms with van der Waals surface area (Å²) in [6.07, 6.45) is -3.59. The second-order valence-corrected chi connectivity index (χ2v) is 5.46. The largest absolute Gasteiger partial charge is 0.416 e. The van der Waals surface area contributed by atoms with E-state index in [2.05, 4.69) is 0 Å². The zero-order chi connectivity index (χ0) is 14.9. The van der Waals surface area contributed by atoms with Gasteiger partial charge in [-0.05, 0) is 49.6 Å². The number of likely N-dealkylation sites (tertiary alicyclic amines) is 1. The summed E-state index contributed by atoms with van der Waals surface area (Å²) < 4.78 is 51.3. The van der Waals surface area contributed by atoms with Crippen molar-refractivity contribution in [1.82, 2.24) is 4.90 Å². The lowest BCUT2D eigenvalue weighted by atomic mass is 10.1. The van der Waals surface area contributed by atoms with E-state index in [4.69, 9.17) is 5.73 Å². The van der Waals surface area contributed by atoms with Gasteiger partial charge in [0.1, 0.15) is 5.82 Å². The molecule has 0 amide bonds. The molecule has 1 fully saturated rings. The third-order valence-electron chi connectivity index (χ3n) is 3.79. The van der Waals surface area contributed by atoms with Crippen LogP contribution in [0.4, 0.5) is 17.6 Å². The van der Waals surface area contributed by atoms with Gasteiger partial charge in [-0.25, -0.2) is 4.39 Å². The predicted octanol–water partition coefficient (Wildman–Crippen LogP) is 3.01. The molecule has 2 N–H and O–H groups in total.